The molecule has 1 atom stereocenters. The van der Waals surface area contributed by atoms with Gasteiger partial charge in [-0.2, -0.15) is 0 Å². The first-order valence-corrected chi connectivity index (χ1v) is 4.84. The summed E-state index contributed by atoms with van der Waals surface area (Å²) in [4.78, 5) is 10.6. The average molecular weight is 213 g/mol. The molecule has 80 valence electrons. The molecule has 0 bridgehead atoms. The van der Waals surface area contributed by atoms with E-state index < -0.39 is 6.09 Å². The van der Waals surface area contributed by atoms with E-state index in [4.69, 9.17) is 4.74 Å². The summed E-state index contributed by atoms with van der Waals surface area (Å²) in [6, 6.07) is 9.74. The van der Waals surface area contributed by atoms with Gasteiger partial charge in [0.25, 0.3) is 0 Å². The Morgan fingerprint density at radius 3 is 2.75 bits per heavy atom. The molecule has 0 aromatic heterocycles. The summed E-state index contributed by atoms with van der Waals surface area (Å²) in [7, 11) is 0. The maximum Gasteiger partial charge on any atom is 1.00 e. The summed E-state index contributed by atoms with van der Waals surface area (Å²) in [5, 5.41) is 3.73. The van der Waals surface area contributed by atoms with Crippen molar-refractivity contribution in [1.82, 2.24) is 0 Å². The molecule has 0 saturated carbocycles. The molecule has 5 heteroatoms. The molecule has 0 spiro atoms. The minimum atomic E-state index is -0.483. The van der Waals surface area contributed by atoms with E-state index in [0.29, 0.717) is 19.8 Å². The smallest absolute Gasteiger partial charge is 0.610 e. The predicted molar refractivity (Wildman–Crippen MR) is 54.6 cm³/mol. The van der Waals surface area contributed by atoms with Crippen molar-refractivity contribution in [1.29, 1.82) is 0 Å². The fraction of sp³-hybridized carbons (Fsp3) is 0.364. The number of carbonyl (C=O) groups excluding carboxylic acids is 1. The first-order chi connectivity index (χ1) is 7.34. The Bertz CT molecular complexity index is 331. The van der Waals surface area contributed by atoms with Crippen LogP contribution in [0.25, 0.3) is 5.32 Å². The summed E-state index contributed by atoms with van der Waals surface area (Å²) in [6.07, 6.45) is -0.483. The molecule has 1 saturated heterocycles. The predicted octanol–water partition coefficient (Wildman–Crippen LogP) is -0.900. The second kappa shape index (κ2) is 6.59. The molecular formula is C11H12LiNO3. The van der Waals surface area contributed by atoms with E-state index in [1.165, 1.54) is 0 Å². The van der Waals surface area contributed by atoms with Crippen LogP contribution in [0, 0.1) is 0 Å². The van der Waals surface area contributed by atoms with Crippen LogP contribution in [0.5, 0.6) is 0 Å². The van der Waals surface area contributed by atoms with Gasteiger partial charge in [-0.1, -0.05) is 36.4 Å². The number of cyclic esters (lactones) is 1. The Kier molecular flexibility index (Phi) is 5.40. The van der Waals surface area contributed by atoms with Crippen LogP contribution in [0.1, 0.15) is 5.56 Å². The summed E-state index contributed by atoms with van der Waals surface area (Å²) >= 11 is 0. The summed E-state index contributed by atoms with van der Waals surface area (Å²) in [6.45, 7) is 1.31. The Morgan fingerprint density at radius 1 is 1.38 bits per heavy atom. The zero-order chi connectivity index (χ0) is 10.5. The van der Waals surface area contributed by atoms with Gasteiger partial charge in [0, 0.05) is 6.61 Å². The molecule has 0 unspecified atom stereocenters. The van der Waals surface area contributed by atoms with Crippen LogP contribution >= 0.6 is 0 Å². The molecule has 1 aliphatic rings. The number of rotatable bonds is 4. The molecule has 0 radical (unpaired) electrons. The van der Waals surface area contributed by atoms with Crippen LogP contribution in [0.15, 0.2) is 30.3 Å². The van der Waals surface area contributed by atoms with Gasteiger partial charge in [-0.15, -0.1) is 0 Å². The van der Waals surface area contributed by atoms with E-state index in [2.05, 4.69) is 10.1 Å². The Balaban J connectivity index is 0.00000128. The van der Waals surface area contributed by atoms with Crippen molar-refractivity contribution in [3.05, 3.63) is 41.2 Å². The third-order valence-electron chi connectivity index (χ3n) is 2.11. The van der Waals surface area contributed by atoms with E-state index in [1.54, 1.807) is 0 Å². The van der Waals surface area contributed by atoms with E-state index in [9.17, 15) is 4.79 Å². The fourth-order valence-corrected chi connectivity index (χ4v) is 1.36. The van der Waals surface area contributed by atoms with Crippen LogP contribution in [-0.4, -0.2) is 25.3 Å². The van der Waals surface area contributed by atoms with Crippen LogP contribution in [0.3, 0.4) is 0 Å². The maximum absolute atomic E-state index is 10.6. The summed E-state index contributed by atoms with van der Waals surface area (Å²) < 4.78 is 10.1. The molecule has 1 fully saturated rings. The minimum Gasteiger partial charge on any atom is -0.610 e. The molecule has 2 rings (SSSR count). The Hall–Kier alpha value is -0.953. The minimum absolute atomic E-state index is 0. The molecule has 1 heterocycles. The summed E-state index contributed by atoms with van der Waals surface area (Å²) in [5.74, 6) is 0. The third-order valence-corrected chi connectivity index (χ3v) is 2.11. The molecular weight excluding hydrogens is 201 g/mol. The molecule has 1 amide bonds. The third kappa shape index (κ3) is 3.90. The van der Waals surface area contributed by atoms with E-state index in [1.807, 2.05) is 30.3 Å². The number of hydrogen-bond acceptors (Lipinski definition) is 3. The molecule has 1 aromatic carbocycles. The normalized spacial score (nSPS) is 18.5. The van der Waals surface area contributed by atoms with Gasteiger partial charge in [0.2, 0.25) is 6.09 Å². The first kappa shape index (κ1) is 13.1. The van der Waals surface area contributed by atoms with Crippen LogP contribution in [-0.2, 0) is 16.1 Å². The van der Waals surface area contributed by atoms with Crippen molar-refractivity contribution in [2.75, 3.05) is 13.2 Å². The van der Waals surface area contributed by atoms with Crippen molar-refractivity contribution in [2.24, 2.45) is 0 Å². The van der Waals surface area contributed by atoms with Crippen molar-refractivity contribution >= 4 is 6.09 Å². The van der Waals surface area contributed by atoms with Crippen LogP contribution < -0.4 is 18.9 Å². The molecule has 4 nitrogen and oxygen atoms in total. The topological polar surface area (TPSA) is 49.6 Å². The zero-order valence-electron chi connectivity index (χ0n) is 9.26. The van der Waals surface area contributed by atoms with Gasteiger partial charge in [0.15, 0.2) is 0 Å². The summed E-state index contributed by atoms with van der Waals surface area (Å²) in [5.41, 5.74) is 1.11. The second-order valence-electron chi connectivity index (χ2n) is 3.36. The monoisotopic (exact) mass is 213 g/mol. The van der Waals surface area contributed by atoms with Gasteiger partial charge >= 0.3 is 18.9 Å². The Labute approximate surface area is 106 Å². The van der Waals surface area contributed by atoms with E-state index >= 15 is 0 Å². The maximum atomic E-state index is 10.6. The van der Waals surface area contributed by atoms with Gasteiger partial charge in [-0.05, 0) is 5.56 Å². The van der Waals surface area contributed by atoms with Crippen molar-refractivity contribution in [2.45, 2.75) is 12.6 Å². The van der Waals surface area contributed by atoms with Gasteiger partial charge in [0.05, 0.1) is 13.2 Å². The van der Waals surface area contributed by atoms with Gasteiger partial charge in [-0.3, -0.25) is 4.79 Å². The number of amides is 1. The fourth-order valence-electron chi connectivity index (χ4n) is 1.36. The quantitative estimate of drug-likeness (QED) is 0.609. The average Bonchev–Trinajstić information content (AvgIpc) is 2.66. The number of benzene rings is 1. The molecule has 1 aromatic rings. The SMILES string of the molecule is O=C1[N-][C@@H](COCc2ccccc2)CO1.[Li+]. The van der Waals surface area contributed by atoms with Crippen molar-refractivity contribution in [3.8, 4) is 0 Å². The number of carbonyl (C=O) groups is 1. The zero-order valence-corrected chi connectivity index (χ0v) is 9.26. The molecule has 1 aliphatic heterocycles. The van der Waals surface area contributed by atoms with Crippen LogP contribution in [0.4, 0.5) is 4.79 Å². The van der Waals surface area contributed by atoms with Gasteiger partial charge < -0.3 is 14.8 Å². The van der Waals surface area contributed by atoms with E-state index in [0.717, 1.165) is 5.56 Å². The second-order valence-corrected chi connectivity index (χ2v) is 3.36. The van der Waals surface area contributed by atoms with Gasteiger partial charge in [0.1, 0.15) is 0 Å². The van der Waals surface area contributed by atoms with Crippen molar-refractivity contribution in [3.63, 3.8) is 0 Å². The largest absolute Gasteiger partial charge is 1.00 e. The number of ether oxygens (including phenoxy) is 2. The molecule has 0 aliphatic carbocycles. The number of hydrogen-bond donors (Lipinski definition) is 0. The molecule has 0 N–H and O–H groups in total. The Morgan fingerprint density at radius 2 is 2.12 bits per heavy atom. The van der Waals surface area contributed by atoms with Gasteiger partial charge in [-0.25, -0.2) is 0 Å². The van der Waals surface area contributed by atoms with Crippen LogP contribution in [0.2, 0.25) is 0 Å². The number of nitrogens with zero attached hydrogens (tertiary/aromatic N) is 1. The first-order valence-electron chi connectivity index (χ1n) is 4.84. The molecule has 16 heavy (non-hydrogen) atoms. The van der Waals surface area contributed by atoms with Crippen molar-refractivity contribution < 1.29 is 33.1 Å². The standard InChI is InChI=1S/C11H13NO3.Li/c13-11-12-10(8-15-11)7-14-6-9-4-2-1-3-5-9;/h1-5,10H,6-8H2,(H,12,13);/q;+1/p-1/t10-;/m0./s1. The van der Waals surface area contributed by atoms with E-state index in [-0.39, 0.29) is 24.9 Å².